The second-order valence-electron chi connectivity index (χ2n) is 7.34. The number of aliphatic imine (C=N–C) groups is 1. The van der Waals surface area contributed by atoms with Gasteiger partial charge in [0.2, 0.25) is 0 Å². The van der Waals surface area contributed by atoms with E-state index >= 15 is 0 Å². The molecule has 6 nitrogen and oxygen atoms in total. The molecule has 1 unspecified atom stereocenters. The Labute approximate surface area is 187 Å². The van der Waals surface area contributed by atoms with Gasteiger partial charge < -0.3 is 25.0 Å². The van der Waals surface area contributed by atoms with Crippen molar-refractivity contribution in [2.45, 2.75) is 45.8 Å². The van der Waals surface area contributed by atoms with Crippen molar-refractivity contribution in [3.63, 3.8) is 0 Å². The van der Waals surface area contributed by atoms with E-state index in [1.165, 1.54) is 5.56 Å². The van der Waals surface area contributed by atoms with Crippen LogP contribution in [0.3, 0.4) is 0 Å². The van der Waals surface area contributed by atoms with Crippen LogP contribution < -0.4 is 15.4 Å². The van der Waals surface area contributed by atoms with Gasteiger partial charge in [-0.2, -0.15) is 0 Å². The van der Waals surface area contributed by atoms with Gasteiger partial charge in [0.25, 0.3) is 0 Å². The van der Waals surface area contributed by atoms with Crippen LogP contribution in [-0.2, 0) is 11.3 Å². The predicted octanol–water partition coefficient (Wildman–Crippen LogP) is 3.18. The van der Waals surface area contributed by atoms with Crippen molar-refractivity contribution < 1.29 is 9.47 Å². The van der Waals surface area contributed by atoms with E-state index in [0.717, 1.165) is 62.8 Å². The molecule has 160 valence electrons. The quantitative estimate of drug-likeness (QED) is 0.222. The van der Waals surface area contributed by atoms with Gasteiger partial charge in [-0.05, 0) is 65.4 Å². The lowest BCUT2D eigenvalue weighted by Gasteiger charge is -2.16. The molecular formula is C21H37IN4O2. The first-order valence-electron chi connectivity index (χ1n) is 10.1. The van der Waals surface area contributed by atoms with Gasteiger partial charge in [-0.3, -0.25) is 0 Å². The van der Waals surface area contributed by atoms with Crippen molar-refractivity contribution in [3.8, 4) is 5.75 Å². The molecule has 28 heavy (non-hydrogen) atoms. The number of nitrogens with zero attached hydrogens (tertiary/aromatic N) is 2. The minimum Gasteiger partial charge on any atom is -0.491 e. The predicted molar refractivity (Wildman–Crippen MR) is 127 cm³/mol. The second-order valence-corrected chi connectivity index (χ2v) is 7.34. The number of benzene rings is 1. The van der Waals surface area contributed by atoms with E-state index < -0.39 is 0 Å². The van der Waals surface area contributed by atoms with Crippen molar-refractivity contribution in [1.82, 2.24) is 15.5 Å². The molecule has 2 rings (SSSR count). The monoisotopic (exact) mass is 504 g/mol. The van der Waals surface area contributed by atoms with Crippen LogP contribution in [0, 0.1) is 6.92 Å². The number of nitrogens with one attached hydrogen (secondary N) is 2. The first kappa shape index (κ1) is 25.0. The molecule has 0 saturated carbocycles. The molecule has 7 heteroatoms. The third kappa shape index (κ3) is 9.43. The van der Waals surface area contributed by atoms with Gasteiger partial charge in [-0.1, -0.05) is 12.1 Å². The first-order chi connectivity index (χ1) is 13.1. The molecule has 1 heterocycles. The van der Waals surface area contributed by atoms with Gasteiger partial charge in [0.15, 0.2) is 5.96 Å². The number of ether oxygens (including phenoxy) is 2. The summed E-state index contributed by atoms with van der Waals surface area (Å²) in [6.45, 7) is 9.03. The Morgan fingerprint density at radius 2 is 2.14 bits per heavy atom. The fraction of sp³-hybridized carbons (Fsp3) is 0.667. The fourth-order valence-corrected chi connectivity index (χ4v) is 2.99. The van der Waals surface area contributed by atoms with Crippen molar-refractivity contribution in [2.75, 3.05) is 46.9 Å². The number of hydrogen-bond donors (Lipinski definition) is 2. The van der Waals surface area contributed by atoms with Crippen molar-refractivity contribution in [3.05, 3.63) is 29.3 Å². The molecule has 0 aromatic heterocycles. The zero-order chi connectivity index (χ0) is 19.5. The largest absolute Gasteiger partial charge is 0.491 e. The smallest absolute Gasteiger partial charge is 0.191 e. The maximum Gasteiger partial charge on any atom is 0.191 e. The van der Waals surface area contributed by atoms with Crippen LogP contribution in [0.1, 0.15) is 37.3 Å². The van der Waals surface area contributed by atoms with E-state index in [4.69, 9.17) is 14.5 Å². The molecule has 1 atom stereocenters. The van der Waals surface area contributed by atoms with Gasteiger partial charge >= 0.3 is 0 Å². The van der Waals surface area contributed by atoms with E-state index in [0.29, 0.717) is 13.2 Å². The molecule has 1 aromatic carbocycles. The Bertz CT molecular complexity index is 590. The Kier molecular flexibility index (Phi) is 12.5. The van der Waals surface area contributed by atoms with Gasteiger partial charge in [0.05, 0.1) is 12.6 Å². The highest BCUT2D eigenvalue weighted by Gasteiger charge is 2.17. The van der Waals surface area contributed by atoms with Gasteiger partial charge in [0, 0.05) is 25.3 Å². The van der Waals surface area contributed by atoms with Crippen LogP contribution >= 0.6 is 24.0 Å². The lowest BCUT2D eigenvalue weighted by atomic mass is 10.1. The molecule has 0 radical (unpaired) electrons. The average Bonchev–Trinajstić information content (AvgIpc) is 3.15. The Hall–Kier alpha value is -1.06. The number of hydrogen-bond acceptors (Lipinski definition) is 4. The fourth-order valence-electron chi connectivity index (χ4n) is 2.99. The average molecular weight is 504 g/mol. The van der Waals surface area contributed by atoms with Crippen LogP contribution in [0.2, 0.25) is 0 Å². The summed E-state index contributed by atoms with van der Waals surface area (Å²) in [5.41, 5.74) is 2.29. The highest BCUT2D eigenvalue weighted by Crippen LogP contribution is 2.23. The van der Waals surface area contributed by atoms with E-state index in [1.807, 2.05) is 0 Å². The van der Waals surface area contributed by atoms with Crippen LogP contribution in [0.5, 0.6) is 5.75 Å². The highest BCUT2D eigenvalue weighted by molar-refractivity contribution is 14.0. The minimum absolute atomic E-state index is 0. The van der Waals surface area contributed by atoms with Gasteiger partial charge in [-0.15, -0.1) is 24.0 Å². The Balaban J connectivity index is 0.00000392. The lowest BCUT2D eigenvalue weighted by Crippen LogP contribution is -2.38. The summed E-state index contributed by atoms with van der Waals surface area (Å²) >= 11 is 0. The van der Waals surface area contributed by atoms with E-state index in [2.05, 4.69) is 61.7 Å². The summed E-state index contributed by atoms with van der Waals surface area (Å²) in [5, 5.41) is 6.72. The third-order valence-corrected chi connectivity index (χ3v) is 4.50. The third-order valence-electron chi connectivity index (χ3n) is 4.50. The first-order valence-corrected chi connectivity index (χ1v) is 10.1. The van der Waals surface area contributed by atoms with Crippen LogP contribution in [0.4, 0.5) is 0 Å². The van der Waals surface area contributed by atoms with Crippen LogP contribution in [0.25, 0.3) is 0 Å². The normalized spacial score (nSPS) is 16.8. The van der Waals surface area contributed by atoms with E-state index in [1.54, 1.807) is 0 Å². The Morgan fingerprint density at radius 3 is 2.82 bits per heavy atom. The van der Waals surface area contributed by atoms with Gasteiger partial charge in [-0.25, -0.2) is 4.99 Å². The molecule has 0 spiro atoms. The number of aryl methyl sites for hydroxylation is 1. The summed E-state index contributed by atoms with van der Waals surface area (Å²) in [4.78, 5) is 6.93. The topological polar surface area (TPSA) is 58.1 Å². The standard InChI is InChI=1S/C21H36N4O2.HI/c1-5-22-21(23-11-7-12-25(3)4)24-15-18-10-9-17(2)14-20(18)27-16-19-8-6-13-26-19;/h9-10,14,19H,5-8,11-13,15-16H2,1-4H3,(H2,22,23,24);1H. The summed E-state index contributed by atoms with van der Waals surface area (Å²) in [6, 6.07) is 6.32. The summed E-state index contributed by atoms with van der Waals surface area (Å²) in [5.74, 6) is 1.76. The maximum atomic E-state index is 6.08. The molecule has 1 fully saturated rings. The molecule has 1 aromatic rings. The SMILES string of the molecule is CCNC(=NCc1ccc(C)cc1OCC1CCCO1)NCCCN(C)C.I. The number of rotatable bonds is 10. The Morgan fingerprint density at radius 1 is 1.32 bits per heavy atom. The minimum atomic E-state index is 0. The molecule has 0 aliphatic carbocycles. The lowest BCUT2D eigenvalue weighted by molar-refractivity contribution is 0.0676. The summed E-state index contributed by atoms with van der Waals surface area (Å²) in [6.07, 6.45) is 3.51. The van der Waals surface area contributed by atoms with Crippen LogP contribution in [-0.4, -0.2) is 63.9 Å². The molecule has 2 N–H and O–H groups in total. The maximum absolute atomic E-state index is 6.08. The summed E-state index contributed by atoms with van der Waals surface area (Å²) in [7, 11) is 4.18. The van der Waals surface area contributed by atoms with Crippen molar-refractivity contribution >= 4 is 29.9 Å². The zero-order valence-electron chi connectivity index (χ0n) is 17.8. The summed E-state index contributed by atoms with van der Waals surface area (Å²) < 4.78 is 11.7. The van der Waals surface area contributed by atoms with Crippen molar-refractivity contribution in [1.29, 1.82) is 0 Å². The van der Waals surface area contributed by atoms with Crippen LogP contribution in [0.15, 0.2) is 23.2 Å². The zero-order valence-corrected chi connectivity index (χ0v) is 20.1. The second kappa shape index (κ2) is 14.0. The van der Waals surface area contributed by atoms with Crippen molar-refractivity contribution in [2.24, 2.45) is 4.99 Å². The molecule has 1 aliphatic heterocycles. The molecule has 0 amide bonds. The van der Waals surface area contributed by atoms with E-state index in [9.17, 15) is 0 Å². The molecular weight excluding hydrogens is 467 g/mol. The molecule has 0 bridgehead atoms. The number of halogens is 1. The molecule has 1 saturated heterocycles. The highest BCUT2D eigenvalue weighted by atomic mass is 127. The van der Waals surface area contributed by atoms with E-state index in [-0.39, 0.29) is 30.1 Å². The molecule has 1 aliphatic rings. The number of guanidine groups is 1. The van der Waals surface area contributed by atoms with Gasteiger partial charge in [0.1, 0.15) is 12.4 Å².